The van der Waals surface area contributed by atoms with Crippen molar-refractivity contribution in [2.24, 2.45) is 0 Å². The number of benzene rings is 1. The Labute approximate surface area is 118 Å². The average molecular weight is 394 g/mol. The molecule has 1 aromatic carbocycles. The molecule has 1 aliphatic rings. The molecule has 1 aromatic rings. The monoisotopic (exact) mass is 393 g/mol. The molecule has 86 valence electrons. The normalized spacial score (nSPS) is 16.2. The number of amides is 1. The summed E-state index contributed by atoms with van der Waals surface area (Å²) >= 11 is 5.73. The Hall–Kier alpha value is -0.100. The zero-order valence-corrected chi connectivity index (χ0v) is 12.6. The van der Waals surface area contributed by atoms with Crippen molar-refractivity contribution in [2.45, 2.75) is 19.3 Å². The van der Waals surface area contributed by atoms with Crippen molar-refractivity contribution in [1.29, 1.82) is 0 Å². The summed E-state index contributed by atoms with van der Waals surface area (Å²) in [4.78, 5) is 14.2. The van der Waals surface area contributed by atoms with Crippen LogP contribution in [0.4, 0.5) is 0 Å². The van der Waals surface area contributed by atoms with Crippen molar-refractivity contribution in [3.05, 3.63) is 31.8 Å². The van der Waals surface area contributed by atoms with Crippen LogP contribution in [0.2, 0.25) is 0 Å². The molecule has 1 fully saturated rings. The zero-order valence-electron chi connectivity index (χ0n) is 8.88. The Bertz CT molecular complexity index is 402. The Morgan fingerprint density at radius 3 is 2.62 bits per heavy atom. The fourth-order valence-electron chi connectivity index (χ4n) is 1.94. The molecule has 1 aliphatic heterocycles. The van der Waals surface area contributed by atoms with E-state index in [0.717, 1.165) is 39.5 Å². The fourth-order valence-corrected chi connectivity index (χ4v) is 2.87. The van der Waals surface area contributed by atoms with Crippen LogP contribution in [0, 0.1) is 3.57 Å². The van der Waals surface area contributed by atoms with Crippen molar-refractivity contribution in [3.8, 4) is 0 Å². The molecule has 0 radical (unpaired) electrons. The Kier molecular flexibility index (Phi) is 4.24. The van der Waals surface area contributed by atoms with E-state index in [1.807, 2.05) is 23.1 Å². The second-order valence-corrected chi connectivity index (χ2v) is 5.91. The highest BCUT2D eigenvalue weighted by Crippen LogP contribution is 2.25. The molecule has 1 heterocycles. The van der Waals surface area contributed by atoms with E-state index in [1.54, 1.807) is 0 Å². The minimum Gasteiger partial charge on any atom is -0.339 e. The lowest BCUT2D eigenvalue weighted by atomic mass is 10.1. The minimum atomic E-state index is 0.157. The van der Waals surface area contributed by atoms with E-state index in [2.05, 4.69) is 38.5 Å². The van der Waals surface area contributed by atoms with Gasteiger partial charge in [-0.05, 0) is 69.9 Å². The largest absolute Gasteiger partial charge is 0.339 e. The first kappa shape index (κ1) is 12.4. The predicted molar refractivity (Wildman–Crippen MR) is 76.6 cm³/mol. The number of likely N-dealkylation sites (tertiary alicyclic amines) is 1. The Morgan fingerprint density at radius 2 is 1.94 bits per heavy atom. The average Bonchev–Trinajstić information content (AvgIpc) is 2.33. The van der Waals surface area contributed by atoms with Gasteiger partial charge in [0.2, 0.25) is 0 Å². The van der Waals surface area contributed by atoms with E-state index in [4.69, 9.17) is 0 Å². The van der Waals surface area contributed by atoms with Crippen molar-refractivity contribution >= 4 is 44.4 Å². The predicted octanol–water partition coefficient (Wildman–Crippen LogP) is 3.68. The van der Waals surface area contributed by atoms with Crippen molar-refractivity contribution in [3.63, 3.8) is 0 Å². The molecule has 0 N–H and O–H groups in total. The number of carbonyl (C=O) groups excluding carboxylic acids is 1. The summed E-state index contributed by atoms with van der Waals surface area (Å²) in [6.07, 6.45) is 3.51. The van der Waals surface area contributed by atoms with Gasteiger partial charge in [-0.25, -0.2) is 0 Å². The number of hydrogen-bond donors (Lipinski definition) is 0. The van der Waals surface area contributed by atoms with E-state index >= 15 is 0 Å². The Balaban J connectivity index is 2.22. The number of hydrogen-bond acceptors (Lipinski definition) is 1. The second-order valence-electron chi connectivity index (χ2n) is 3.95. The molecule has 0 saturated carbocycles. The van der Waals surface area contributed by atoms with Crippen LogP contribution in [-0.2, 0) is 0 Å². The van der Waals surface area contributed by atoms with E-state index < -0.39 is 0 Å². The first-order chi connectivity index (χ1) is 7.70. The van der Waals surface area contributed by atoms with Gasteiger partial charge in [-0.3, -0.25) is 4.79 Å². The summed E-state index contributed by atoms with van der Waals surface area (Å²) in [7, 11) is 0. The zero-order chi connectivity index (χ0) is 11.5. The van der Waals surface area contributed by atoms with Crippen LogP contribution in [0.25, 0.3) is 0 Å². The summed E-state index contributed by atoms with van der Waals surface area (Å²) in [5.74, 6) is 0.157. The van der Waals surface area contributed by atoms with Crippen molar-refractivity contribution in [1.82, 2.24) is 4.90 Å². The topological polar surface area (TPSA) is 20.3 Å². The van der Waals surface area contributed by atoms with Crippen LogP contribution < -0.4 is 0 Å². The summed E-state index contributed by atoms with van der Waals surface area (Å²) in [6.45, 7) is 1.80. The Morgan fingerprint density at radius 1 is 1.25 bits per heavy atom. The first-order valence-corrected chi connectivity index (χ1v) is 7.30. The third-order valence-corrected chi connectivity index (χ3v) is 5.32. The van der Waals surface area contributed by atoms with Gasteiger partial charge in [0.1, 0.15) is 0 Å². The lowest BCUT2D eigenvalue weighted by Gasteiger charge is -2.27. The highest BCUT2D eigenvalue weighted by molar-refractivity contribution is 14.1. The van der Waals surface area contributed by atoms with Gasteiger partial charge in [0.25, 0.3) is 5.91 Å². The van der Waals surface area contributed by atoms with Gasteiger partial charge in [0.05, 0.1) is 5.56 Å². The molecule has 2 rings (SSSR count). The summed E-state index contributed by atoms with van der Waals surface area (Å²) in [5, 5.41) is 0. The van der Waals surface area contributed by atoms with Crippen molar-refractivity contribution in [2.75, 3.05) is 13.1 Å². The maximum atomic E-state index is 12.3. The van der Waals surface area contributed by atoms with Crippen LogP contribution in [0.3, 0.4) is 0 Å². The lowest BCUT2D eigenvalue weighted by molar-refractivity contribution is 0.0723. The van der Waals surface area contributed by atoms with Crippen molar-refractivity contribution < 1.29 is 4.79 Å². The number of rotatable bonds is 1. The van der Waals surface area contributed by atoms with Crippen LogP contribution in [0.5, 0.6) is 0 Å². The number of nitrogens with zero attached hydrogens (tertiary/aromatic N) is 1. The highest BCUT2D eigenvalue weighted by atomic mass is 127. The minimum absolute atomic E-state index is 0.157. The van der Waals surface area contributed by atoms with E-state index in [0.29, 0.717) is 0 Å². The van der Waals surface area contributed by atoms with Crippen LogP contribution in [0.15, 0.2) is 22.7 Å². The lowest BCUT2D eigenvalue weighted by Crippen LogP contribution is -2.35. The SMILES string of the molecule is O=C(c1cccc(I)c1Br)N1CCCCC1. The molecule has 1 amide bonds. The molecular formula is C12H13BrINO. The summed E-state index contributed by atoms with van der Waals surface area (Å²) < 4.78 is 2.01. The molecular weight excluding hydrogens is 381 g/mol. The third-order valence-electron chi connectivity index (χ3n) is 2.83. The number of halogens is 2. The molecule has 0 unspecified atom stereocenters. The molecule has 4 heteroatoms. The molecule has 0 spiro atoms. The molecule has 2 nitrogen and oxygen atoms in total. The molecule has 16 heavy (non-hydrogen) atoms. The number of carbonyl (C=O) groups is 1. The molecule has 0 aromatic heterocycles. The maximum absolute atomic E-state index is 12.3. The van der Waals surface area contributed by atoms with Crippen LogP contribution in [-0.4, -0.2) is 23.9 Å². The molecule has 0 atom stereocenters. The van der Waals surface area contributed by atoms with Gasteiger partial charge in [-0.2, -0.15) is 0 Å². The van der Waals surface area contributed by atoms with E-state index in [1.165, 1.54) is 6.42 Å². The third kappa shape index (κ3) is 2.59. The van der Waals surface area contributed by atoms with E-state index in [9.17, 15) is 4.79 Å². The molecule has 0 aliphatic carbocycles. The quantitative estimate of drug-likeness (QED) is 0.666. The fraction of sp³-hybridized carbons (Fsp3) is 0.417. The number of piperidine rings is 1. The van der Waals surface area contributed by atoms with Gasteiger partial charge in [0.15, 0.2) is 0 Å². The first-order valence-electron chi connectivity index (χ1n) is 5.43. The van der Waals surface area contributed by atoms with E-state index in [-0.39, 0.29) is 5.91 Å². The summed E-state index contributed by atoms with van der Waals surface area (Å²) in [6, 6.07) is 5.82. The van der Waals surface area contributed by atoms with Gasteiger partial charge in [-0.15, -0.1) is 0 Å². The van der Waals surface area contributed by atoms with Gasteiger partial charge < -0.3 is 4.90 Å². The van der Waals surface area contributed by atoms with Gasteiger partial charge in [0, 0.05) is 21.1 Å². The van der Waals surface area contributed by atoms with Gasteiger partial charge >= 0.3 is 0 Å². The van der Waals surface area contributed by atoms with Crippen LogP contribution >= 0.6 is 38.5 Å². The van der Waals surface area contributed by atoms with Gasteiger partial charge in [-0.1, -0.05) is 6.07 Å². The second kappa shape index (κ2) is 5.49. The van der Waals surface area contributed by atoms with Crippen LogP contribution in [0.1, 0.15) is 29.6 Å². The molecule has 1 saturated heterocycles. The summed E-state index contributed by atoms with van der Waals surface area (Å²) in [5.41, 5.74) is 0.786. The standard InChI is InChI=1S/C12H13BrINO/c13-11-9(5-4-6-10(11)14)12(16)15-7-2-1-3-8-15/h4-6H,1-3,7-8H2. The highest BCUT2D eigenvalue weighted by Gasteiger charge is 2.20. The smallest absolute Gasteiger partial charge is 0.255 e. The maximum Gasteiger partial charge on any atom is 0.255 e. The molecule has 0 bridgehead atoms.